The molecular weight excluding hydrogens is 351 g/mol. The number of nitrogens with zero attached hydrogens (tertiary/aromatic N) is 1. The standard InChI is InChI=1S/C16H23NO2.C2HF3O2/c18-16-6-8-17(11-14-7-9-19-12-14)15(16)10-13-4-2-1-3-5-13;3-2(4,5)1(6)7/h1-5,14-16,18H,6-12H2;(H,6,7)/t14?,15-,16-;/m0./s1. The fourth-order valence-corrected chi connectivity index (χ4v) is 3.31. The predicted molar refractivity (Wildman–Crippen MR) is 88.7 cm³/mol. The normalized spacial score (nSPS) is 26.4. The van der Waals surface area contributed by atoms with E-state index >= 15 is 0 Å². The van der Waals surface area contributed by atoms with Crippen LogP contribution in [0.3, 0.4) is 0 Å². The van der Waals surface area contributed by atoms with E-state index in [1.165, 1.54) is 12.0 Å². The first kappa shape index (κ1) is 20.7. The van der Waals surface area contributed by atoms with Crippen LogP contribution in [0.25, 0.3) is 0 Å². The Kier molecular flexibility index (Phi) is 7.43. The molecule has 0 bridgehead atoms. The number of benzene rings is 1. The van der Waals surface area contributed by atoms with Crippen molar-refractivity contribution in [2.24, 2.45) is 5.92 Å². The van der Waals surface area contributed by atoms with Gasteiger partial charge in [-0.05, 0) is 30.7 Å². The third kappa shape index (κ3) is 6.26. The van der Waals surface area contributed by atoms with Crippen molar-refractivity contribution in [3.8, 4) is 0 Å². The highest BCUT2D eigenvalue weighted by atomic mass is 19.4. The average Bonchev–Trinajstić information content (AvgIpc) is 3.21. The molecule has 2 saturated heterocycles. The van der Waals surface area contributed by atoms with Crippen LogP contribution in [0.5, 0.6) is 0 Å². The van der Waals surface area contributed by atoms with E-state index in [1.807, 2.05) is 6.07 Å². The third-order valence-electron chi connectivity index (χ3n) is 4.67. The first-order valence-electron chi connectivity index (χ1n) is 8.61. The Morgan fingerprint density at radius 3 is 2.42 bits per heavy atom. The Bertz CT molecular complexity index is 561. The molecule has 1 aromatic carbocycles. The Hall–Kier alpha value is -1.64. The summed E-state index contributed by atoms with van der Waals surface area (Å²) in [5.41, 5.74) is 1.32. The van der Waals surface area contributed by atoms with Gasteiger partial charge in [0, 0.05) is 25.7 Å². The first-order chi connectivity index (χ1) is 12.3. The summed E-state index contributed by atoms with van der Waals surface area (Å²) in [5, 5.41) is 17.3. The summed E-state index contributed by atoms with van der Waals surface area (Å²) in [6.45, 7) is 3.90. The minimum atomic E-state index is -5.08. The molecule has 2 aliphatic heterocycles. The molecule has 0 saturated carbocycles. The van der Waals surface area contributed by atoms with Crippen molar-refractivity contribution in [2.75, 3.05) is 26.3 Å². The summed E-state index contributed by atoms with van der Waals surface area (Å²) in [6.07, 6.45) is -2.23. The average molecular weight is 375 g/mol. The van der Waals surface area contributed by atoms with E-state index < -0.39 is 12.1 Å². The Morgan fingerprint density at radius 2 is 1.88 bits per heavy atom. The van der Waals surface area contributed by atoms with Crippen LogP contribution < -0.4 is 0 Å². The topological polar surface area (TPSA) is 70.0 Å². The van der Waals surface area contributed by atoms with E-state index in [-0.39, 0.29) is 12.1 Å². The van der Waals surface area contributed by atoms with Gasteiger partial charge in [-0.1, -0.05) is 30.3 Å². The molecule has 2 aliphatic rings. The monoisotopic (exact) mass is 375 g/mol. The van der Waals surface area contributed by atoms with Gasteiger partial charge in [0.05, 0.1) is 12.7 Å². The van der Waals surface area contributed by atoms with Gasteiger partial charge in [-0.2, -0.15) is 13.2 Å². The molecule has 1 unspecified atom stereocenters. The largest absolute Gasteiger partial charge is 0.490 e. The van der Waals surface area contributed by atoms with Gasteiger partial charge in [-0.3, -0.25) is 4.90 Å². The number of halogens is 3. The van der Waals surface area contributed by atoms with Crippen molar-refractivity contribution in [2.45, 2.75) is 37.6 Å². The Morgan fingerprint density at radius 1 is 1.23 bits per heavy atom. The van der Waals surface area contributed by atoms with Crippen LogP contribution in [0, 0.1) is 5.92 Å². The van der Waals surface area contributed by atoms with Crippen molar-refractivity contribution in [1.82, 2.24) is 4.90 Å². The molecular formula is C18H24F3NO4. The number of likely N-dealkylation sites (tertiary alicyclic amines) is 1. The molecule has 0 aromatic heterocycles. The SMILES string of the molecule is O=C(O)C(F)(F)F.O[C@H]1CCN(CC2CCOC2)[C@H]1Cc1ccccc1. The number of aliphatic hydroxyl groups is 1. The van der Waals surface area contributed by atoms with E-state index in [0.29, 0.717) is 5.92 Å². The van der Waals surface area contributed by atoms with E-state index in [1.54, 1.807) is 0 Å². The van der Waals surface area contributed by atoms with E-state index in [9.17, 15) is 18.3 Å². The van der Waals surface area contributed by atoms with Gasteiger partial charge in [0.25, 0.3) is 0 Å². The summed E-state index contributed by atoms with van der Waals surface area (Å²) in [5.74, 6) is -2.10. The number of ether oxygens (including phenoxy) is 1. The highest BCUT2D eigenvalue weighted by molar-refractivity contribution is 5.73. The van der Waals surface area contributed by atoms with Gasteiger partial charge in [0.2, 0.25) is 0 Å². The molecule has 0 radical (unpaired) electrons. The first-order valence-corrected chi connectivity index (χ1v) is 8.61. The molecule has 3 atom stereocenters. The number of carboxylic acids is 1. The fourth-order valence-electron chi connectivity index (χ4n) is 3.31. The zero-order valence-corrected chi connectivity index (χ0v) is 14.4. The second kappa shape index (κ2) is 9.34. The second-order valence-electron chi connectivity index (χ2n) is 6.64. The van der Waals surface area contributed by atoms with Crippen molar-refractivity contribution in [3.05, 3.63) is 35.9 Å². The number of hydrogen-bond acceptors (Lipinski definition) is 4. The predicted octanol–water partition coefficient (Wildman–Crippen LogP) is 2.33. The molecule has 2 fully saturated rings. The summed E-state index contributed by atoms with van der Waals surface area (Å²) in [6, 6.07) is 10.8. The minimum absolute atomic E-state index is 0.178. The quantitative estimate of drug-likeness (QED) is 0.845. The number of rotatable bonds is 4. The maximum atomic E-state index is 10.6. The number of aliphatic hydroxyl groups excluding tert-OH is 1. The Balaban J connectivity index is 0.000000298. The maximum absolute atomic E-state index is 10.6. The summed E-state index contributed by atoms with van der Waals surface area (Å²) < 4.78 is 37.2. The van der Waals surface area contributed by atoms with Crippen molar-refractivity contribution >= 4 is 5.97 Å². The van der Waals surface area contributed by atoms with Crippen LogP contribution in [0.15, 0.2) is 30.3 Å². The smallest absolute Gasteiger partial charge is 0.475 e. The molecule has 26 heavy (non-hydrogen) atoms. The molecule has 146 valence electrons. The van der Waals surface area contributed by atoms with E-state index in [2.05, 4.69) is 29.2 Å². The maximum Gasteiger partial charge on any atom is 0.490 e. The molecule has 1 aromatic rings. The van der Waals surface area contributed by atoms with Gasteiger partial charge in [-0.25, -0.2) is 4.79 Å². The number of carboxylic acid groups (broad SMARTS) is 1. The lowest BCUT2D eigenvalue weighted by atomic mass is 10.0. The van der Waals surface area contributed by atoms with Crippen LogP contribution in [-0.2, 0) is 16.0 Å². The summed E-state index contributed by atoms with van der Waals surface area (Å²) >= 11 is 0. The number of aliphatic carboxylic acids is 1. The van der Waals surface area contributed by atoms with Crippen molar-refractivity contribution in [1.29, 1.82) is 0 Å². The van der Waals surface area contributed by atoms with Gasteiger partial charge in [-0.15, -0.1) is 0 Å². The molecule has 2 heterocycles. The second-order valence-corrected chi connectivity index (χ2v) is 6.64. The molecule has 3 rings (SSSR count). The molecule has 2 N–H and O–H groups in total. The van der Waals surface area contributed by atoms with Crippen LogP contribution in [-0.4, -0.2) is 65.7 Å². The van der Waals surface area contributed by atoms with Gasteiger partial charge in [0.15, 0.2) is 0 Å². The highest BCUT2D eigenvalue weighted by Crippen LogP contribution is 2.25. The van der Waals surface area contributed by atoms with Gasteiger partial charge >= 0.3 is 12.1 Å². The van der Waals surface area contributed by atoms with Crippen LogP contribution in [0.2, 0.25) is 0 Å². The fraction of sp³-hybridized carbons (Fsp3) is 0.611. The lowest BCUT2D eigenvalue weighted by molar-refractivity contribution is -0.192. The minimum Gasteiger partial charge on any atom is -0.475 e. The zero-order chi connectivity index (χ0) is 19.2. The van der Waals surface area contributed by atoms with E-state index in [0.717, 1.165) is 39.1 Å². The third-order valence-corrected chi connectivity index (χ3v) is 4.67. The number of carbonyl (C=O) groups is 1. The summed E-state index contributed by atoms with van der Waals surface area (Å²) in [4.78, 5) is 11.4. The molecule has 0 amide bonds. The van der Waals surface area contributed by atoms with Crippen LogP contribution >= 0.6 is 0 Å². The van der Waals surface area contributed by atoms with Crippen LogP contribution in [0.1, 0.15) is 18.4 Å². The zero-order valence-electron chi connectivity index (χ0n) is 14.4. The molecule has 5 nitrogen and oxygen atoms in total. The van der Waals surface area contributed by atoms with Gasteiger partial charge < -0.3 is 14.9 Å². The summed E-state index contributed by atoms with van der Waals surface area (Å²) in [7, 11) is 0. The molecule has 0 aliphatic carbocycles. The lowest BCUT2D eigenvalue weighted by Crippen LogP contribution is -2.40. The van der Waals surface area contributed by atoms with Gasteiger partial charge in [0.1, 0.15) is 0 Å². The number of hydrogen-bond donors (Lipinski definition) is 2. The van der Waals surface area contributed by atoms with Crippen molar-refractivity contribution < 1.29 is 32.9 Å². The lowest BCUT2D eigenvalue weighted by Gasteiger charge is -2.28. The van der Waals surface area contributed by atoms with E-state index in [4.69, 9.17) is 14.6 Å². The Labute approximate surface area is 150 Å². The molecule has 8 heteroatoms. The van der Waals surface area contributed by atoms with Crippen LogP contribution in [0.4, 0.5) is 13.2 Å². The van der Waals surface area contributed by atoms with Crippen molar-refractivity contribution in [3.63, 3.8) is 0 Å². The molecule has 0 spiro atoms. The number of alkyl halides is 3. The highest BCUT2D eigenvalue weighted by Gasteiger charge is 2.38.